The number of alkyl halides is 3. The fourth-order valence-corrected chi connectivity index (χ4v) is 2.07. The predicted octanol–water partition coefficient (Wildman–Crippen LogP) is 5.09. The largest absolute Gasteiger partial charge is 0.494 e. The number of benzene rings is 2. The summed E-state index contributed by atoms with van der Waals surface area (Å²) in [5, 5.41) is 0. The highest BCUT2D eigenvalue weighted by Crippen LogP contribution is 2.30. The van der Waals surface area contributed by atoms with Crippen LogP contribution in [0.25, 0.3) is 12.2 Å². The maximum absolute atomic E-state index is 12.7. The van der Waals surface area contributed by atoms with E-state index in [0.717, 1.165) is 12.1 Å². The molecule has 0 saturated heterocycles. The summed E-state index contributed by atoms with van der Waals surface area (Å²) < 4.78 is 43.4. The molecule has 0 heterocycles. The third kappa shape index (κ3) is 4.71. The second kappa shape index (κ2) is 7.13. The van der Waals surface area contributed by atoms with Crippen LogP contribution in [-0.4, -0.2) is 12.9 Å². The lowest BCUT2D eigenvalue weighted by Crippen LogP contribution is -2.04. The van der Waals surface area contributed by atoms with Crippen molar-refractivity contribution >= 4 is 18.4 Å². The van der Waals surface area contributed by atoms with Gasteiger partial charge in [0.1, 0.15) is 12.0 Å². The number of ether oxygens (including phenoxy) is 1. The Hall–Kier alpha value is -2.56. The summed E-state index contributed by atoms with van der Waals surface area (Å²) >= 11 is 0. The number of carbonyl (C=O) groups is 1. The maximum atomic E-state index is 12.7. The van der Waals surface area contributed by atoms with Gasteiger partial charge in [0.15, 0.2) is 0 Å². The molecule has 0 atom stereocenters. The molecule has 0 aliphatic rings. The van der Waals surface area contributed by atoms with Crippen molar-refractivity contribution in [3.05, 3.63) is 64.7 Å². The van der Waals surface area contributed by atoms with Gasteiger partial charge in [0.25, 0.3) is 0 Å². The average molecular weight is 320 g/mol. The van der Waals surface area contributed by atoms with Gasteiger partial charge in [0, 0.05) is 5.56 Å². The summed E-state index contributed by atoms with van der Waals surface area (Å²) in [5.74, 6) is 0.542. The van der Waals surface area contributed by atoms with Crippen molar-refractivity contribution < 1.29 is 22.7 Å². The number of rotatable bonds is 5. The minimum atomic E-state index is -4.37. The Bertz CT molecular complexity index is 718. The van der Waals surface area contributed by atoms with Gasteiger partial charge in [-0.3, -0.25) is 4.79 Å². The summed E-state index contributed by atoms with van der Waals surface area (Å²) in [7, 11) is 0. The molecule has 0 saturated carbocycles. The molecule has 2 aromatic carbocycles. The first-order valence-corrected chi connectivity index (χ1v) is 7.01. The molecule has 23 heavy (non-hydrogen) atoms. The lowest BCUT2D eigenvalue weighted by atomic mass is 10.1. The van der Waals surface area contributed by atoms with E-state index in [1.54, 1.807) is 36.4 Å². The van der Waals surface area contributed by atoms with Crippen LogP contribution in [-0.2, 0) is 6.18 Å². The van der Waals surface area contributed by atoms with E-state index in [1.807, 2.05) is 6.92 Å². The third-order valence-electron chi connectivity index (χ3n) is 3.08. The zero-order valence-corrected chi connectivity index (χ0v) is 12.4. The van der Waals surface area contributed by atoms with E-state index in [9.17, 15) is 18.0 Å². The van der Waals surface area contributed by atoms with Crippen LogP contribution in [0.2, 0.25) is 0 Å². The summed E-state index contributed by atoms with van der Waals surface area (Å²) in [5.41, 5.74) is 0.848. The van der Waals surface area contributed by atoms with Crippen molar-refractivity contribution in [2.24, 2.45) is 0 Å². The first-order chi connectivity index (χ1) is 10.9. The van der Waals surface area contributed by atoms with Crippen LogP contribution in [0, 0.1) is 0 Å². The van der Waals surface area contributed by atoms with Crippen molar-refractivity contribution in [3.8, 4) is 5.75 Å². The Balaban J connectivity index is 2.29. The second-order valence-electron chi connectivity index (χ2n) is 4.84. The van der Waals surface area contributed by atoms with Gasteiger partial charge >= 0.3 is 6.18 Å². The van der Waals surface area contributed by atoms with Crippen LogP contribution in [0.4, 0.5) is 13.2 Å². The minimum Gasteiger partial charge on any atom is -0.494 e. The normalized spacial score (nSPS) is 11.7. The molecule has 120 valence electrons. The van der Waals surface area contributed by atoms with Gasteiger partial charge in [0.2, 0.25) is 0 Å². The van der Waals surface area contributed by atoms with Gasteiger partial charge in [-0.1, -0.05) is 24.3 Å². The number of halogens is 3. The Morgan fingerprint density at radius 2 is 1.70 bits per heavy atom. The van der Waals surface area contributed by atoms with E-state index in [1.165, 1.54) is 6.07 Å². The zero-order valence-electron chi connectivity index (χ0n) is 12.4. The molecule has 2 aromatic rings. The smallest absolute Gasteiger partial charge is 0.416 e. The van der Waals surface area contributed by atoms with Gasteiger partial charge in [-0.05, 0) is 48.4 Å². The summed E-state index contributed by atoms with van der Waals surface area (Å²) in [6, 6.07) is 10.0. The van der Waals surface area contributed by atoms with Gasteiger partial charge in [-0.2, -0.15) is 13.2 Å². The third-order valence-corrected chi connectivity index (χ3v) is 3.08. The number of carbonyl (C=O) groups excluding carboxylic acids is 1. The number of aldehydes is 1. The molecule has 0 radical (unpaired) electrons. The van der Waals surface area contributed by atoms with E-state index in [0.29, 0.717) is 35.3 Å². The maximum Gasteiger partial charge on any atom is 0.416 e. The molecule has 5 heteroatoms. The van der Waals surface area contributed by atoms with E-state index in [4.69, 9.17) is 4.74 Å². The lowest BCUT2D eigenvalue weighted by molar-refractivity contribution is -0.137. The van der Waals surface area contributed by atoms with Gasteiger partial charge in [-0.15, -0.1) is 0 Å². The Labute approximate surface area is 132 Å². The van der Waals surface area contributed by atoms with Crippen LogP contribution in [0.15, 0.2) is 42.5 Å². The summed E-state index contributed by atoms with van der Waals surface area (Å²) in [6.07, 6.45) is -0.465. The molecule has 2 nitrogen and oxygen atoms in total. The molecule has 0 unspecified atom stereocenters. The monoisotopic (exact) mass is 320 g/mol. The fourth-order valence-electron chi connectivity index (χ4n) is 2.07. The Kier molecular flexibility index (Phi) is 5.21. The van der Waals surface area contributed by atoms with Crippen molar-refractivity contribution in [3.63, 3.8) is 0 Å². The molecule has 0 fully saturated rings. The molecule has 0 N–H and O–H groups in total. The zero-order chi connectivity index (χ0) is 16.9. The Morgan fingerprint density at radius 3 is 2.35 bits per heavy atom. The molecule has 0 bridgehead atoms. The van der Waals surface area contributed by atoms with E-state index in [2.05, 4.69) is 0 Å². The van der Waals surface area contributed by atoms with Crippen molar-refractivity contribution in [1.29, 1.82) is 0 Å². The van der Waals surface area contributed by atoms with Gasteiger partial charge in [0.05, 0.1) is 12.2 Å². The van der Waals surface area contributed by atoms with Crippen molar-refractivity contribution in [1.82, 2.24) is 0 Å². The van der Waals surface area contributed by atoms with Crippen LogP contribution in [0.5, 0.6) is 5.75 Å². The quantitative estimate of drug-likeness (QED) is 0.567. The van der Waals surface area contributed by atoms with E-state index >= 15 is 0 Å². The SMILES string of the molecule is CCOc1cc(C=O)cc(/C=C/c2cccc(C(F)(F)F)c2)c1. The average Bonchev–Trinajstić information content (AvgIpc) is 2.52. The van der Waals surface area contributed by atoms with Crippen molar-refractivity contribution in [2.45, 2.75) is 13.1 Å². The van der Waals surface area contributed by atoms with E-state index < -0.39 is 11.7 Å². The van der Waals surface area contributed by atoms with Gasteiger partial charge < -0.3 is 4.74 Å². The fraction of sp³-hybridized carbons (Fsp3) is 0.167. The molecule has 0 aromatic heterocycles. The molecule has 0 spiro atoms. The molecular weight excluding hydrogens is 305 g/mol. The van der Waals surface area contributed by atoms with Gasteiger partial charge in [-0.25, -0.2) is 0 Å². The standard InChI is InChI=1S/C18H15F3O2/c1-2-23-17-10-14(8-15(11-17)12-22)7-6-13-4-3-5-16(9-13)18(19,20)21/h3-12H,2H2,1H3/b7-6+. The summed E-state index contributed by atoms with van der Waals surface area (Å²) in [6.45, 7) is 2.28. The highest BCUT2D eigenvalue weighted by molar-refractivity contribution is 5.79. The molecule has 0 aliphatic heterocycles. The molecular formula is C18H15F3O2. The Morgan fingerprint density at radius 1 is 1.00 bits per heavy atom. The van der Waals surface area contributed by atoms with E-state index in [-0.39, 0.29) is 0 Å². The van der Waals surface area contributed by atoms with Crippen LogP contribution in [0.1, 0.15) is 34.0 Å². The molecule has 0 aliphatic carbocycles. The first kappa shape index (κ1) is 16.8. The van der Waals surface area contributed by atoms with Crippen LogP contribution < -0.4 is 4.74 Å². The first-order valence-electron chi connectivity index (χ1n) is 7.01. The summed E-state index contributed by atoms with van der Waals surface area (Å²) in [4.78, 5) is 10.9. The van der Waals surface area contributed by atoms with Crippen LogP contribution in [0.3, 0.4) is 0 Å². The lowest BCUT2D eigenvalue weighted by Gasteiger charge is -2.07. The molecule has 2 rings (SSSR count). The second-order valence-corrected chi connectivity index (χ2v) is 4.84. The number of hydrogen-bond donors (Lipinski definition) is 0. The van der Waals surface area contributed by atoms with Crippen LogP contribution >= 0.6 is 0 Å². The molecule has 0 amide bonds. The number of hydrogen-bond acceptors (Lipinski definition) is 2. The highest BCUT2D eigenvalue weighted by atomic mass is 19.4. The highest BCUT2D eigenvalue weighted by Gasteiger charge is 2.30. The minimum absolute atomic E-state index is 0.425. The van der Waals surface area contributed by atoms with Crippen molar-refractivity contribution in [2.75, 3.05) is 6.61 Å². The predicted molar refractivity (Wildman–Crippen MR) is 83.4 cm³/mol. The topological polar surface area (TPSA) is 26.3 Å².